The molecule has 0 atom stereocenters. The molecule has 5 heteroatoms. The number of hydrogen-bond donors (Lipinski definition) is 2. The van der Waals surface area contributed by atoms with E-state index >= 15 is 0 Å². The molecule has 0 bridgehead atoms. The van der Waals surface area contributed by atoms with Gasteiger partial charge >= 0.3 is 6.03 Å². The van der Waals surface area contributed by atoms with E-state index in [0.717, 1.165) is 4.47 Å². The van der Waals surface area contributed by atoms with Gasteiger partial charge < -0.3 is 5.32 Å². The van der Waals surface area contributed by atoms with Crippen molar-refractivity contribution in [2.45, 2.75) is 32.1 Å². The fourth-order valence-corrected chi connectivity index (χ4v) is 2.55. The largest absolute Gasteiger partial charge is 0.324 e. The predicted octanol–water partition coefficient (Wildman–Crippen LogP) is 4.06. The number of allylic oxidation sites excluding steroid dienone is 1. The van der Waals surface area contributed by atoms with Crippen molar-refractivity contribution in [2.75, 3.05) is 5.32 Å². The standard InChI is InChI=1S/C14H18BrN3O/c15-12-7-9-16-13(10-12)18-14(19)17-8-6-11-4-2-1-3-5-11/h6-11H,1-5H2,(H2,16,17,18,19)/b8-6+. The maximum Gasteiger partial charge on any atom is 0.324 e. The van der Waals surface area contributed by atoms with E-state index in [1.807, 2.05) is 6.07 Å². The zero-order valence-electron chi connectivity index (χ0n) is 10.7. The van der Waals surface area contributed by atoms with Crippen LogP contribution in [0.15, 0.2) is 35.1 Å². The number of rotatable bonds is 3. The third kappa shape index (κ3) is 5.03. The van der Waals surface area contributed by atoms with Crippen molar-refractivity contribution in [3.8, 4) is 0 Å². The number of nitrogens with zero attached hydrogens (tertiary/aromatic N) is 1. The van der Waals surface area contributed by atoms with Crippen molar-refractivity contribution in [3.05, 3.63) is 35.1 Å². The molecule has 1 fully saturated rings. The number of hydrogen-bond acceptors (Lipinski definition) is 2. The molecule has 2 N–H and O–H groups in total. The zero-order chi connectivity index (χ0) is 13.5. The first-order valence-corrected chi connectivity index (χ1v) is 7.39. The molecule has 1 aliphatic carbocycles. The van der Waals surface area contributed by atoms with Crippen molar-refractivity contribution in [2.24, 2.45) is 5.92 Å². The molecule has 4 nitrogen and oxygen atoms in total. The van der Waals surface area contributed by atoms with E-state index in [0.29, 0.717) is 11.7 Å². The SMILES string of the molecule is O=C(N/C=C/C1CCCCC1)Nc1cc(Br)ccn1. The molecule has 102 valence electrons. The van der Waals surface area contributed by atoms with E-state index in [-0.39, 0.29) is 6.03 Å². The summed E-state index contributed by atoms with van der Waals surface area (Å²) in [7, 11) is 0. The van der Waals surface area contributed by atoms with E-state index in [4.69, 9.17) is 0 Å². The molecule has 1 saturated carbocycles. The molecule has 0 aromatic carbocycles. The Morgan fingerprint density at radius 2 is 2.16 bits per heavy atom. The highest BCUT2D eigenvalue weighted by Gasteiger charge is 2.09. The summed E-state index contributed by atoms with van der Waals surface area (Å²) in [4.78, 5) is 15.7. The minimum Gasteiger partial charge on any atom is -0.315 e. The minimum atomic E-state index is -0.266. The highest BCUT2D eigenvalue weighted by atomic mass is 79.9. The van der Waals surface area contributed by atoms with Crippen LogP contribution in [0.4, 0.5) is 10.6 Å². The lowest BCUT2D eigenvalue weighted by molar-refractivity contribution is 0.255. The second-order valence-electron chi connectivity index (χ2n) is 4.71. The van der Waals surface area contributed by atoms with Crippen molar-refractivity contribution < 1.29 is 4.79 Å². The Bertz CT molecular complexity index is 456. The third-order valence-electron chi connectivity index (χ3n) is 3.20. The maximum absolute atomic E-state index is 11.6. The van der Waals surface area contributed by atoms with Gasteiger partial charge in [-0.3, -0.25) is 5.32 Å². The van der Waals surface area contributed by atoms with Crippen molar-refractivity contribution >= 4 is 27.8 Å². The molecule has 2 rings (SSSR count). The number of carbonyl (C=O) groups is 1. The van der Waals surface area contributed by atoms with Gasteiger partial charge in [-0.15, -0.1) is 0 Å². The summed E-state index contributed by atoms with van der Waals surface area (Å²) in [6.45, 7) is 0. The summed E-state index contributed by atoms with van der Waals surface area (Å²) in [5.74, 6) is 1.14. The minimum absolute atomic E-state index is 0.266. The highest BCUT2D eigenvalue weighted by Crippen LogP contribution is 2.24. The third-order valence-corrected chi connectivity index (χ3v) is 3.69. The van der Waals surface area contributed by atoms with E-state index in [1.54, 1.807) is 18.5 Å². The topological polar surface area (TPSA) is 54.0 Å². The van der Waals surface area contributed by atoms with Crippen LogP contribution in [0.2, 0.25) is 0 Å². The summed E-state index contributed by atoms with van der Waals surface area (Å²) < 4.78 is 0.885. The van der Waals surface area contributed by atoms with E-state index in [1.165, 1.54) is 32.1 Å². The zero-order valence-corrected chi connectivity index (χ0v) is 12.3. The van der Waals surface area contributed by atoms with Crippen LogP contribution in [-0.2, 0) is 0 Å². The summed E-state index contributed by atoms with van der Waals surface area (Å²) in [6.07, 6.45) is 11.9. The summed E-state index contributed by atoms with van der Waals surface area (Å²) in [5.41, 5.74) is 0. The lowest BCUT2D eigenvalue weighted by Crippen LogP contribution is -2.24. The fourth-order valence-electron chi connectivity index (χ4n) is 2.21. The monoisotopic (exact) mass is 323 g/mol. The molecule has 0 saturated heterocycles. The van der Waals surface area contributed by atoms with Crippen LogP contribution in [0, 0.1) is 5.92 Å². The second-order valence-corrected chi connectivity index (χ2v) is 5.63. The van der Waals surface area contributed by atoms with Gasteiger partial charge in [0, 0.05) is 16.9 Å². The lowest BCUT2D eigenvalue weighted by atomic mass is 9.89. The lowest BCUT2D eigenvalue weighted by Gasteiger charge is -2.17. The first-order valence-electron chi connectivity index (χ1n) is 6.60. The van der Waals surface area contributed by atoms with E-state index < -0.39 is 0 Å². The van der Waals surface area contributed by atoms with Crippen LogP contribution < -0.4 is 10.6 Å². The van der Waals surface area contributed by atoms with Crippen LogP contribution in [0.3, 0.4) is 0 Å². The van der Waals surface area contributed by atoms with Crippen molar-refractivity contribution in [1.82, 2.24) is 10.3 Å². The second kappa shape index (κ2) is 7.28. The molecule has 0 unspecified atom stereocenters. The number of nitrogens with one attached hydrogen (secondary N) is 2. The molecule has 0 radical (unpaired) electrons. The average molecular weight is 324 g/mol. The fraction of sp³-hybridized carbons (Fsp3) is 0.429. The van der Waals surface area contributed by atoms with Gasteiger partial charge in [0.05, 0.1) is 0 Å². The number of aromatic nitrogens is 1. The van der Waals surface area contributed by atoms with Crippen molar-refractivity contribution in [1.29, 1.82) is 0 Å². The van der Waals surface area contributed by atoms with E-state index in [9.17, 15) is 4.79 Å². The summed E-state index contributed by atoms with van der Waals surface area (Å²) in [5, 5.41) is 5.39. The average Bonchev–Trinajstić information content (AvgIpc) is 2.40. The maximum atomic E-state index is 11.6. The Labute approximate surface area is 121 Å². The number of anilines is 1. The molecule has 0 spiro atoms. The van der Waals surface area contributed by atoms with Crippen LogP contribution in [0.5, 0.6) is 0 Å². The number of urea groups is 1. The molecule has 2 amide bonds. The Balaban J connectivity index is 1.76. The number of halogens is 1. The smallest absolute Gasteiger partial charge is 0.315 e. The molecule has 0 aliphatic heterocycles. The molecule has 19 heavy (non-hydrogen) atoms. The van der Waals surface area contributed by atoms with Crippen LogP contribution in [0.25, 0.3) is 0 Å². The summed E-state index contributed by atoms with van der Waals surface area (Å²) >= 11 is 3.33. The molecule has 1 heterocycles. The molecular formula is C14H18BrN3O. The van der Waals surface area contributed by atoms with Gasteiger partial charge in [0.25, 0.3) is 0 Å². The Hall–Kier alpha value is -1.36. The van der Waals surface area contributed by atoms with Gasteiger partial charge in [-0.05, 0) is 30.9 Å². The van der Waals surface area contributed by atoms with Crippen molar-refractivity contribution in [3.63, 3.8) is 0 Å². The van der Waals surface area contributed by atoms with Gasteiger partial charge in [-0.1, -0.05) is 41.3 Å². The van der Waals surface area contributed by atoms with Gasteiger partial charge in [0.15, 0.2) is 0 Å². The van der Waals surface area contributed by atoms with Crippen LogP contribution in [-0.4, -0.2) is 11.0 Å². The van der Waals surface area contributed by atoms with Gasteiger partial charge in [-0.2, -0.15) is 0 Å². The summed E-state index contributed by atoms with van der Waals surface area (Å²) in [6, 6.07) is 3.30. The first kappa shape index (κ1) is 14.1. The predicted molar refractivity (Wildman–Crippen MR) is 79.8 cm³/mol. The van der Waals surface area contributed by atoms with E-state index in [2.05, 4.69) is 37.6 Å². The number of amides is 2. The van der Waals surface area contributed by atoms with Gasteiger partial charge in [0.1, 0.15) is 5.82 Å². The Kier molecular flexibility index (Phi) is 5.39. The molecule has 1 aromatic rings. The normalized spacial score (nSPS) is 16.5. The Morgan fingerprint density at radius 1 is 1.37 bits per heavy atom. The van der Waals surface area contributed by atoms with Gasteiger partial charge in [0.2, 0.25) is 0 Å². The van der Waals surface area contributed by atoms with Crippen LogP contribution in [0.1, 0.15) is 32.1 Å². The first-order chi connectivity index (χ1) is 9.24. The molecule has 1 aromatic heterocycles. The molecule has 1 aliphatic rings. The number of pyridine rings is 1. The quantitative estimate of drug-likeness (QED) is 0.881. The highest BCUT2D eigenvalue weighted by molar-refractivity contribution is 9.10. The number of carbonyl (C=O) groups excluding carboxylic acids is 1. The molecular weight excluding hydrogens is 306 g/mol. The van der Waals surface area contributed by atoms with Gasteiger partial charge in [-0.25, -0.2) is 9.78 Å². The van der Waals surface area contributed by atoms with Crippen LogP contribution >= 0.6 is 15.9 Å². The Morgan fingerprint density at radius 3 is 2.89 bits per heavy atom.